The summed E-state index contributed by atoms with van der Waals surface area (Å²) in [6.45, 7) is 4.37. The molecule has 0 fully saturated rings. The number of aromatic nitrogens is 3. The molecule has 0 saturated carbocycles. The van der Waals surface area contributed by atoms with Crippen molar-refractivity contribution in [2.24, 2.45) is 0 Å². The molecule has 1 heterocycles. The lowest BCUT2D eigenvalue weighted by Gasteiger charge is -2.06. The highest BCUT2D eigenvalue weighted by Gasteiger charge is 2.09. The first-order valence-corrected chi connectivity index (χ1v) is 9.74. The Bertz CT molecular complexity index is 893. The van der Waals surface area contributed by atoms with Gasteiger partial charge in [0, 0.05) is 5.69 Å². The fourth-order valence-electron chi connectivity index (χ4n) is 2.41. The number of para-hydroxylation sites is 1. The zero-order valence-electron chi connectivity index (χ0n) is 15.4. The van der Waals surface area contributed by atoms with Crippen molar-refractivity contribution < 1.29 is 9.53 Å². The highest BCUT2D eigenvalue weighted by atomic mass is 32.2. The number of carbonyl (C=O) groups is 1. The van der Waals surface area contributed by atoms with E-state index in [9.17, 15) is 4.79 Å². The van der Waals surface area contributed by atoms with Crippen molar-refractivity contribution in [3.63, 3.8) is 0 Å². The number of hydrogen-bond acceptors (Lipinski definition) is 5. The van der Waals surface area contributed by atoms with Crippen LogP contribution in [0.15, 0.2) is 53.7 Å². The Morgan fingerprint density at radius 1 is 1.19 bits per heavy atom. The molecule has 0 aliphatic heterocycles. The van der Waals surface area contributed by atoms with Gasteiger partial charge in [0.15, 0.2) is 5.82 Å². The van der Waals surface area contributed by atoms with E-state index in [2.05, 4.69) is 27.4 Å². The largest absolute Gasteiger partial charge is 0.486 e. The van der Waals surface area contributed by atoms with Gasteiger partial charge in [-0.3, -0.25) is 9.89 Å². The van der Waals surface area contributed by atoms with Gasteiger partial charge in [-0.2, -0.15) is 0 Å². The number of anilines is 1. The summed E-state index contributed by atoms with van der Waals surface area (Å²) in [5.74, 6) is 1.56. The lowest BCUT2D eigenvalue weighted by Crippen LogP contribution is -2.14. The molecule has 7 heteroatoms. The summed E-state index contributed by atoms with van der Waals surface area (Å²) >= 11 is 1.28. The van der Waals surface area contributed by atoms with Gasteiger partial charge in [-0.1, -0.05) is 49.0 Å². The molecule has 140 valence electrons. The minimum Gasteiger partial charge on any atom is -0.486 e. The minimum atomic E-state index is -0.0899. The molecule has 0 saturated heterocycles. The molecule has 0 spiro atoms. The molecular formula is C20H22N4O2S. The molecule has 27 heavy (non-hydrogen) atoms. The number of thioether (sulfide) groups is 1. The van der Waals surface area contributed by atoms with E-state index in [0.717, 1.165) is 23.4 Å². The van der Waals surface area contributed by atoms with Crippen molar-refractivity contribution in [3.8, 4) is 5.75 Å². The zero-order valence-corrected chi connectivity index (χ0v) is 16.2. The second-order valence-corrected chi connectivity index (χ2v) is 6.95. The van der Waals surface area contributed by atoms with Gasteiger partial charge in [-0.15, -0.1) is 5.10 Å². The van der Waals surface area contributed by atoms with E-state index >= 15 is 0 Å². The summed E-state index contributed by atoms with van der Waals surface area (Å²) in [7, 11) is 0. The maximum atomic E-state index is 12.1. The van der Waals surface area contributed by atoms with Gasteiger partial charge in [0.2, 0.25) is 11.1 Å². The molecule has 2 N–H and O–H groups in total. The fraction of sp³-hybridized carbons (Fsp3) is 0.250. The molecule has 0 aliphatic carbocycles. The van der Waals surface area contributed by atoms with Crippen LogP contribution in [0.1, 0.15) is 23.9 Å². The van der Waals surface area contributed by atoms with Crippen molar-refractivity contribution in [1.82, 2.24) is 15.2 Å². The molecular weight excluding hydrogens is 360 g/mol. The number of benzene rings is 2. The van der Waals surface area contributed by atoms with Gasteiger partial charge in [0.25, 0.3) is 0 Å². The van der Waals surface area contributed by atoms with E-state index in [1.54, 1.807) is 0 Å². The van der Waals surface area contributed by atoms with Crippen LogP contribution in [-0.4, -0.2) is 26.8 Å². The van der Waals surface area contributed by atoms with Crippen molar-refractivity contribution in [1.29, 1.82) is 0 Å². The zero-order chi connectivity index (χ0) is 19.1. The number of rotatable bonds is 8. The molecule has 3 rings (SSSR count). The summed E-state index contributed by atoms with van der Waals surface area (Å²) in [5.41, 5.74) is 3.12. The lowest BCUT2D eigenvalue weighted by atomic mass is 10.2. The number of nitrogens with zero attached hydrogens (tertiary/aromatic N) is 2. The van der Waals surface area contributed by atoms with E-state index in [0.29, 0.717) is 17.6 Å². The topological polar surface area (TPSA) is 79.9 Å². The molecule has 0 radical (unpaired) electrons. The van der Waals surface area contributed by atoms with Crippen molar-refractivity contribution >= 4 is 23.4 Å². The van der Waals surface area contributed by atoms with E-state index in [1.165, 1.54) is 17.3 Å². The normalized spacial score (nSPS) is 10.6. The van der Waals surface area contributed by atoms with Crippen LogP contribution in [0, 0.1) is 6.92 Å². The smallest absolute Gasteiger partial charge is 0.234 e. The van der Waals surface area contributed by atoms with Crippen molar-refractivity contribution in [2.45, 2.75) is 32.0 Å². The Hall–Kier alpha value is -2.80. The van der Waals surface area contributed by atoms with Crippen LogP contribution in [-0.2, 0) is 17.8 Å². The van der Waals surface area contributed by atoms with Crippen LogP contribution < -0.4 is 10.1 Å². The maximum absolute atomic E-state index is 12.1. The number of amides is 1. The summed E-state index contributed by atoms with van der Waals surface area (Å²) in [4.78, 5) is 16.4. The second kappa shape index (κ2) is 9.23. The molecule has 0 atom stereocenters. The third-order valence-corrected chi connectivity index (χ3v) is 4.82. The average Bonchev–Trinajstić information content (AvgIpc) is 3.15. The first-order chi connectivity index (χ1) is 13.1. The van der Waals surface area contributed by atoms with Crippen LogP contribution in [0.2, 0.25) is 0 Å². The molecule has 1 aromatic heterocycles. The van der Waals surface area contributed by atoms with Gasteiger partial charge >= 0.3 is 0 Å². The monoisotopic (exact) mass is 382 g/mol. The Morgan fingerprint density at radius 3 is 2.70 bits per heavy atom. The molecule has 2 aromatic carbocycles. The van der Waals surface area contributed by atoms with Gasteiger partial charge in [0.1, 0.15) is 12.4 Å². The average molecular weight is 382 g/mol. The standard InChI is InChI=1S/C20H22N4O2S/c1-3-15-8-10-16(11-9-15)26-12-18-22-20(24-23-18)27-13-19(25)21-17-7-5-4-6-14(17)2/h4-11H,3,12-13H2,1-2H3,(H,21,25)(H,22,23,24). The number of ether oxygens (including phenoxy) is 1. The third kappa shape index (κ3) is 5.59. The van der Waals surface area contributed by atoms with Crippen LogP contribution in [0.25, 0.3) is 0 Å². The summed E-state index contributed by atoms with van der Waals surface area (Å²) in [6, 6.07) is 15.7. The number of aromatic amines is 1. The predicted molar refractivity (Wildman–Crippen MR) is 107 cm³/mol. The van der Waals surface area contributed by atoms with E-state index < -0.39 is 0 Å². The quantitative estimate of drug-likeness (QED) is 0.576. The Balaban J connectivity index is 1.46. The second-order valence-electron chi connectivity index (χ2n) is 6.00. The Labute approximate surface area is 162 Å². The number of H-pyrrole nitrogens is 1. The maximum Gasteiger partial charge on any atom is 0.234 e. The molecule has 0 bridgehead atoms. The number of hydrogen-bond donors (Lipinski definition) is 2. The highest BCUT2D eigenvalue weighted by Crippen LogP contribution is 2.17. The van der Waals surface area contributed by atoms with Gasteiger partial charge in [-0.05, 0) is 42.7 Å². The number of nitrogens with one attached hydrogen (secondary N) is 2. The van der Waals surface area contributed by atoms with Gasteiger partial charge in [0.05, 0.1) is 5.75 Å². The number of carbonyl (C=O) groups excluding carboxylic acids is 1. The van der Waals surface area contributed by atoms with E-state index in [1.807, 2.05) is 55.5 Å². The van der Waals surface area contributed by atoms with Crippen LogP contribution >= 0.6 is 11.8 Å². The first kappa shape index (κ1) is 19.0. The van der Waals surface area contributed by atoms with Crippen LogP contribution in [0.3, 0.4) is 0 Å². The Kier molecular flexibility index (Phi) is 6.49. The van der Waals surface area contributed by atoms with Crippen LogP contribution in [0.5, 0.6) is 5.75 Å². The van der Waals surface area contributed by atoms with E-state index in [-0.39, 0.29) is 11.7 Å². The van der Waals surface area contributed by atoms with Crippen molar-refractivity contribution in [3.05, 3.63) is 65.5 Å². The third-order valence-electron chi connectivity index (χ3n) is 3.97. The fourth-order valence-corrected chi connectivity index (χ4v) is 3.03. The summed E-state index contributed by atoms with van der Waals surface area (Å²) < 4.78 is 5.70. The molecule has 6 nitrogen and oxygen atoms in total. The summed E-state index contributed by atoms with van der Waals surface area (Å²) in [6.07, 6.45) is 1.00. The molecule has 0 aliphatic rings. The van der Waals surface area contributed by atoms with Gasteiger partial charge in [-0.25, -0.2) is 4.98 Å². The van der Waals surface area contributed by atoms with Crippen molar-refractivity contribution in [2.75, 3.05) is 11.1 Å². The SMILES string of the molecule is CCc1ccc(OCc2nc(SCC(=O)Nc3ccccc3C)n[nH]2)cc1. The highest BCUT2D eigenvalue weighted by molar-refractivity contribution is 7.99. The number of aryl methyl sites for hydroxylation is 2. The van der Waals surface area contributed by atoms with Gasteiger partial charge < -0.3 is 10.1 Å². The summed E-state index contributed by atoms with van der Waals surface area (Å²) in [5, 5.41) is 10.4. The van der Waals surface area contributed by atoms with Crippen LogP contribution in [0.4, 0.5) is 5.69 Å². The molecule has 3 aromatic rings. The lowest BCUT2D eigenvalue weighted by molar-refractivity contribution is -0.113. The molecule has 1 amide bonds. The first-order valence-electron chi connectivity index (χ1n) is 8.75. The Morgan fingerprint density at radius 2 is 1.96 bits per heavy atom. The van der Waals surface area contributed by atoms with E-state index in [4.69, 9.17) is 4.74 Å². The minimum absolute atomic E-state index is 0.0899. The molecule has 0 unspecified atom stereocenters. The predicted octanol–water partition coefficient (Wildman–Crippen LogP) is 3.99.